The zero-order valence-corrected chi connectivity index (χ0v) is 30.5. The normalized spacial score (nSPS) is 16.8. The lowest BCUT2D eigenvalue weighted by atomic mass is 9.73. The van der Waals surface area contributed by atoms with Crippen molar-refractivity contribution in [3.05, 3.63) is 118 Å². The number of hydrogen-bond acceptors (Lipinski definition) is 6. The Bertz CT molecular complexity index is 1820. The van der Waals surface area contributed by atoms with Crippen molar-refractivity contribution in [3.63, 3.8) is 0 Å². The average Bonchev–Trinajstić information content (AvgIpc) is 3.12. The first kappa shape index (κ1) is 42.2. The molecule has 2 N–H and O–H groups in total. The number of alkyl halides is 11. The summed E-state index contributed by atoms with van der Waals surface area (Å²) in [7, 11) is 0. The van der Waals surface area contributed by atoms with E-state index in [1.807, 2.05) is 4.90 Å². The molecule has 2 heterocycles. The predicted molar refractivity (Wildman–Crippen MR) is 190 cm³/mol. The monoisotopic (exact) mass is 816 g/mol. The molecule has 0 atom stereocenters. The van der Waals surface area contributed by atoms with Gasteiger partial charge in [0, 0.05) is 72.4 Å². The third-order valence-corrected chi connectivity index (χ3v) is 9.98. The van der Waals surface area contributed by atoms with E-state index in [-0.39, 0.29) is 18.0 Å². The summed E-state index contributed by atoms with van der Waals surface area (Å²) in [6.07, 6.45) is -16.9. The number of halogens is 11. The number of ether oxygens (including phenoxy) is 2. The van der Waals surface area contributed by atoms with Crippen LogP contribution in [0.25, 0.3) is 0 Å². The van der Waals surface area contributed by atoms with E-state index < -0.39 is 63.6 Å². The zero-order valence-electron chi connectivity index (χ0n) is 30.5. The second-order valence-corrected chi connectivity index (χ2v) is 14.1. The lowest BCUT2D eigenvalue weighted by Gasteiger charge is -2.38. The summed E-state index contributed by atoms with van der Waals surface area (Å²) in [4.78, 5) is 4.07. The first-order valence-electron chi connectivity index (χ1n) is 18.0. The first-order chi connectivity index (χ1) is 26.8. The lowest BCUT2D eigenvalue weighted by Crippen LogP contribution is -2.54. The Labute approximate surface area is 321 Å². The van der Waals surface area contributed by atoms with Crippen LogP contribution in [0.3, 0.4) is 0 Å². The van der Waals surface area contributed by atoms with Crippen molar-refractivity contribution in [2.24, 2.45) is 0 Å². The van der Waals surface area contributed by atoms with Gasteiger partial charge in [0.15, 0.2) is 0 Å². The molecule has 4 aromatic rings. The summed E-state index contributed by atoms with van der Waals surface area (Å²) in [6.45, 7) is 6.79. The van der Waals surface area contributed by atoms with Crippen molar-refractivity contribution in [3.8, 4) is 23.0 Å². The van der Waals surface area contributed by atoms with Gasteiger partial charge < -0.3 is 20.1 Å². The van der Waals surface area contributed by atoms with Crippen LogP contribution < -0.4 is 20.1 Å². The van der Waals surface area contributed by atoms with Gasteiger partial charge in [0.1, 0.15) is 23.0 Å². The smallest absolute Gasteiger partial charge is 0.419 e. The number of hydrogen-bond donors (Lipinski definition) is 2. The van der Waals surface area contributed by atoms with Crippen molar-refractivity contribution in [2.45, 2.75) is 49.9 Å². The van der Waals surface area contributed by atoms with Gasteiger partial charge in [-0.25, -0.2) is 8.78 Å². The van der Waals surface area contributed by atoms with Crippen LogP contribution >= 0.6 is 0 Å². The summed E-state index contributed by atoms with van der Waals surface area (Å²) in [5, 5.41) is 6.36. The third kappa shape index (κ3) is 9.48. The van der Waals surface area contributed by atoms with Gasteiger partial charge in [-0.3, -0.25) is 9.80 Å². The highest BCUT2D eigenvalue weighted by molar-refractivity contribution is 5.50. The topological polar surface area (TPSA) is 49.0 Å². The molecule has 0 radical (unpaired) electrons. The molecule has 2 saturated heterocycles. The Morgan fingerprint density at radius 2 is 0.877 bits per heavy atom. The molecule has 0 amide bonds. The molecule has 6 nitrogen and oxygen atoms in total. The minimum atomic E-state index is -5.99. The fraction of sp³-hybridized carbons (Fsp3) is 0.400. The van der Waals surface area contributed by atoms with Crippen molar-refractivity contribution < 1.29 is 57.8 Å². The summed E-state index contributed by atoms with van der Waals surface area (Å²) >= 11 is 0. The molecule has 2 aliphatic heterocycles. The zero-order chi connectivity index (χ0) is 41.2. The van der Waals surface area contributed by atoms with Crippen LogP contribution in [0.15, 0.2) is 84.9 Å². The second-order valence-electron chi connectivity index (χ2n) is 14.1. The molecule has 0 aliphatic carbocycles. The summed E-state index contributed by atoms with van der Waals surface area (Å²) < 4.78 is 172. The number of nitrogens with zero attached hydrogens (tertiary/aromatic N) is 2. The summed E-state index contributed by atoms with van der Waals surface area (Å²) in [5.41, 5.74) is -7.83. The predicted octanol–water partition coefficient (Wildman–Crippen LogP) is 9.62. The molecule has 0 spiro atoms. The van der Waals surface area contributed by atoms with Crippen molar-refractivity contribution in [1.29, 1.82) is 0 Å². The van der Waals surface area contributed by atoms with Crippen LogP contribution in [0.5, 0.6) is 23.0 Å². The average molecular weight is 817 g/mol. The van der Waals surface area contributed by atoms with E-state index in [9.17, 15) is 48.3 Å². The molecule has 308 valence electrons. The van der Waals surface area contributed by atoms with Gasteiger partial charge in [0.25, 0.3) is 5.92 Å². The molecule has 4 aromatic carbocycles. The van der Waals surface area contributed by atoms with E-state index >= 15 is 0 Å². The van der Waals surface area contributed by atoms with E-state index in [4.69, 9.17) is 9.47 Å². The van der Waals surface area contributed by atoms with Gasteiger partial charge in [-0.2, -0.15) is 39.5 Å². The number of benzene rings is 4. The van der Waals surface area contributed by atoms with E-state index in [2.05, 4.69) is 15.5 Å². The fourth-order valence-electron chi connectivity index (χ4n) is 7.13. The fourth-order valence-corrected chi connectivity index (χ4v) is 7.13. The minimum Gasteiger partial charge on any atom is -0.457 e. The Morgan fingerprint density at radius 3 is 1.23 bits per heavy atom. The minimum absolute atomic E-state index is 0.286. The Morgan fingerprint density at radius 1 is 0.509 bits per heavy atom. The first-order valence-corrected chi connectivity index (χ1v) is 18.0. The quantitative estimate of drug-likeness (QED) is 0.147. The van der Waals surface area contributed by atoms with Gasteiger partial charge in [0.05, 0.1) is 11.1 Å². The molecule has 0 bridgehead atoms. The van der Waals surface area contributed by atoms with Crippen LogP contribution in [-0.4, -0.2) is 74.5 Å². The maximum atomic E-state index is 15.0. The molecule has 57 heavy (non-hydrogen) atoms. The molecule has 2 fully saturated rings. The van der Waals surface area contributed by atoms with E-state index in [0.29, 0.717) is 88.1 Å². The highest BCUT2D eigenvalue weighted by Crippen LogP contribution is 2.56. The van der Waals surface area contributed by atoms with Crippen LogP contribution in [0.2, 0.25) is 0 Å². The standard InChI is InChI=1S/C40H39F11N4O2/c1-36(41,42)32-12-2-26(24-54-18-14-52-15-19-54)22-34(32)56-30-8-4-28(5-9-30)37(39(46,47)48,40(49,50)51)29-6-10-31(11-7-29)57-35-23-27(3-13-33(35)38(43,44)45)25-55-20-16-53-17-21-55/h2-13,22-23,52-53H,14-21,24-25H2,1H3. The molecule has 0 saturated carbocycles. The van der Waals surface area contributed by atoms with Gasteiger partial charge in [0.2, 0.25) is 5.41 Å². The number of rotatable bonds is 11. The van der Waals surface area contributed by atoms with Crippen molar-refractivity contribution in [1.82, 2.24) is 20.4 Å². The molecular formula is C40H39F11N4O2. The van der Waals surface area contributed by atoms with Gasteiger partial charge >= 0.3 is 18.5 Å². The Kier molecular flexibility index (Phi) is 12.2. The number of nitrogens with one attached hydrogen (secondary N) is 2. The van der Waals surface area contributed by atoms with E-state index in [1.165, 1.54) is 24.3 Å². The molecule has 2 aliphatic rings. The van der Waals surface area contributed by atoms with Crippen molar-refractivity contribution in [2.75, 3.05) is 52.4 Å². The highest BCUT2D eigenvalue weighted by atomic mass is 19.4. The maximum Gasteiger partial charge on any atom is 0.419 e. The maximum absolute atomic E-state index is 15.0. The molecule has 6 rings (SSSR count). The van der Waals surface area contributed by atoms with Crippen LogP contribution in [0.1, 0.15) is 40.3 Å². The molecule has 17 heteroatoms. The van der Waals surface area contributed by atoms with E-state index in [1.54, 1.807) is 0 Å². The SMILES string of the molecule is CC(F)(F)c1ccc(CN2CCNCC2)cc1Oc1ccc(C(c2ccc(Oc3cc(CN4CCNCC4)ccc3C(F)(F)F)cc2)(C(F)(F)F)C(F)(F)F)cc1. The van der Waals surface area contributed by atoms with Gasteiger partial charge in [-0.15, -0.1) is 0 Å². The highest BCUT2D eigenvalue weighted by Gasteiger charge is 2.72. The van der Waals surface area contributed by atoms with E-state index in [0.717, 1.165) is 49.5 Å². The third-order valence-electron chi connectivity index (χ3n) is 9.98. The Balaban J connectivity index is 1.30. The molecule has 0 aromatic heterocycles. The Hall–Kier alpha value is -4.45. The van der Waals surface area contributed by atoms with Crippen LogP contribution in [-0.2, 0) is 30.6 Å². The van der Waals surface area contributed by atoms with Gasteiger partial charge in [-0.1, -0.05) is 36.4 Å². The number of piperazine rings is 2. The second kappa shape index (κ2) is 16.4. The largest absolute Gasteiger partial charge is 0.457 e. The molecule has 0 unspecified atom stereocenters. The summed E-state index contributed by atoms with van der Waals surface area (Å²) in [5.74, 6) is -5.13. The van der Waals surface area contributed by atoms with Gasteiger partial charge in [-0.05, 0) is 70.8 Å². The lowest BCUT2D eigenvalue weighted by molar-refractivity contribution is -0.288. The van der Waals surface area contributed by atoms with Crippen LogP contribution in [0.4, 0.5) is 48.3 Å². The van der Waals surface area contributed by atoms with Crippen molar-refractivity contribution >= 4 is 0 Å². The summed E-state index contributed by atoms with van der Waals surface area (Å²) in [6, 6.07) is 12.5. The van der Waals surface area contributed by atoms with Crippen LogP contribution in [0, 0.1) is 0 Å². The molecular weight excluding hydrogens is 777 g/mol.